The maximum absolute atomic E-state index is 6.13. The molecule has 0 spiro atoms. The van der Waals surface area contributed by atoms with E-state index in [2.05, 4.69) is 28.8 Å². The number of likely N-dealkylation sites (tertiary alicyclic amines) is 1. The Balaban J connectivity index is 0.00000242. The predicted molar refractivity (Wildman–Crippen MR) is 106 cm³/mol. The minimum Gasteiger partial charge on any atom is -0.370 e. The molecule has 0 radical (unpaired) electrons. The fourth-order valence-corrected chi connectivity index (χ4v) is 3.72. The second-order valence-corrected chi connectivity index (χ2v) is 7.06. The first-order valence-electron chi connectivity index (χ1n) is 8.92. The van der Waals surface area contributed by atoms with Crippen LogP contribution in [0.25, 0.3) is 0 Å². The van der Waals surface area contributed by atoms with Crippen LogP contribution in [0.3, 0.4) is 0 Å². The van der Waals surface area contributed by atoms with Crippen LogP contribution in [0.4, 0.5) is 0 Å². The summed E-state index contributed by atoms with van der Waals surface area (Å²) in [5, 5.41) is 0. The van der Waals surface area contributed by atoms with Gasteiger partial charge in [-0.05, 0) is 51.6 Å². The summed E-state index contributed by atoms with van der Waals surface area (Å²) in [7, 11) is 2.27. The quantitative estimate of drug-likeness (QED) is 0.320. The second-order valence-electron chi connectivity index (χ2n) is 7.06. The summed E-state index contributed by atoms with van der Waals surface area (Å²) in [6.07, 6.45) is 10.7. The Kier molecular flexibility index (Phi) is 9.71. The molecule has 1 aliphatic heterocycles. The molecular weight excluding hydrogens is 387 g/mol. The Labute approximate surface area is 153 Å². The van der Waals surface area contributed by atoms with Crippen LogP contribution in [0.1, 0.15) is 58.3 Å². The van der Waals surface area contributed by atoms with Gasteiger partial charge < -0.3 is 15.5 Å². The molecule has 1 unspecified atom stereocenters. The molecule has 1 heterocycles. The Hall–Kier alpha value is -0.0400. The average Bonchev–Trinajstić information content (AvgIpc) is 2.52. The van der Waals surface area contributed by atoms with Gasteiger partial charge in [0.15, 0.2) is 5.96 Å². The van der Waals surface area contributed by atoms with E-state index in [1.165, 1.54) is 44.9 Å². The monoisotopic (exact) mass is 422 g/mol. The lowest BCUT2D eigenvalue weighted by Crippen LogP contribution is -2.43. The van der Waals surface area contributed by atoms with Crippen LogP contribution >= 0.6 is 24.0 Å². The minimum atomic E-state index is 0. The number of hydrogen-bond acceptors (Lipinski definition) is 2. The van der Waals surface area contributed by atoms with E-state index < -0.39 is 0 Å². The van der Waals surface area contributed by atoms with Gasteiger partial charge in [-0.15, -0.1) is 24.0 Å². The first-order chi connectivity index (χ1) is 10.2. The molecule has 2 aliphatic rings. The van der Waals surface area contributed by atoms with Gasteiger partial charge in [0.1, 0.15) is 0 Å². The van der Waals surface area contributed by atoms with Crippen LogP contribution in [0.5, 0.6) is 0 Å². The highest BCUT2D eigenvalue weighted by atomic mass is 127. The molecule has 22 heavy (non-hydrogen) atoms. The van der Waals surface area contributed by atoms with E-state index in [9.17, 15) is 0 Å². The van der Waals surface area contributed by atoms with Gasteiger partial charge in [0.05, 0.1) is 0 Å². The molecule has 5 heteroatoms. The fraction of sp³-hybridized carbons (Fsp3) is 0.941. The Bertz CT molecular complexity index is 329. The number of halogens is 1. The zero-order valence-electron chi connectivity index (χ0n) is 14.5. The molecule has 1 atom stereocenters. The maximum atomic E-state index is 6.13. The van der Waals surface area contributed by atoms with Crippen molar-refractivity contribution in [3.05, 3.63) is 0 Å². The lowest BCUT2D eigenvalue weighted by atomic mass is 9.94. The zero-order valence-corrected chi connectivity index (χ0v) is 16.8. The predicted octanol–water partition coefficient (Wildman–Crippen LogP) is 3.31. The van der Waals surface area contributed by atoms with Crippen molar-refractivity contribution >= 4 is 29.9 Å². The van der Waals surface area contributed by atoms with Crippen LogP contribution in [-0.4, -0.2) is 55.0 Å². The first-order valence-corrected chi connectivity index (χ1v) is 8.92. The number of rotatable bonds is 5. The summed E-state index contributed by atoms with van der Waals surface area (Å²) in [6, 6.07) is 0.808. The summed E-state index contributed by atoms with van der Waals surface area (Å²) in [4.78, 5) is 9.39. The molecule has 1 saturated carbocycles. The molecule has 0 bridgehead atoms. The number of nitrogens with zero attached hydrogens (tertiary/aromatic N) is 3. The minimum absolute atomic E-state index is 0. The summed E-state index contributed by atoms with van der Waals surface area (Å²) in [6.45, 7) is 6.49. The van der Waals surface area contributed by atoms with E-state index in [1.807, 2.05) is 0 Å². The standard InChI is InChI=1S/C17H34N4.HI/c1-15-8-6-13-21(14-15)17(18)19-11-7-12-20(2)16-9-4-3-5-10-16;/h15-16H,3-14H2,1-2H3,(H2,18,19);1H. The van der Waals surface area contributed by atoms with Crippen molar-refractivity contribution < 1.29 is 0 Å². The SMILES string of the molecule is CC1CCCN(C(N)=NCCCN(C)C2CCCCC2)C1.I. The van der Waals surface area contributed by atoms with Crippen LogP contribution in [0.15, 0.2) is 4.99 Å². The third kappa shape index (κ3) is 6.60. The zero-order chi connectivity index (χ0) is 15.1. The maximum Gasteiger partial charge on any atom is 0.191 e. The molecule has 1 aliphatic carbocycles. The van der Waals surface area contributed by atoms with E-state index in [4.69, 9.17) is 5.73 Å². The molecule has 0 aromatic heterocycles. The Morgan fingerprint density at radius 3 is 2.59 bits per heavy atom. The second kappa shape index (κ2) is 10.7. The Morgan fingerprint density at radius 1 is 1.18 bits per heavy atom. The molecule has 1 saturated heterocycles. The topological polar surface area (TPSA) is 44.9 Å². The largest absolute Gasteiger partial charge is 0.370 e. The summed E-state index contributed by atoms with van der Waals surface area (Å²) in [5.41, 5.74) is 6.13. The molecule has 0 amide bonds. The van der Waals surface area contributed by atoms with E-state index in [0.717, 1.165) is 50.5 Å². The number of guanidine groups is 1. The fourth-order valence-electron chi connectivity index (χ4n) is 3.72. The van der Waals surface area contributed by atoms with Crippen molar-refractivity contribution in [1.82, 2.24) is 9.80 Å². The summed E-state index contributed by atoms with van der Waals surface area (Å²) >= 11 is 0. The normalized spacial score (nSPS) is 24.4. The number of aliphatic imine (C=N–C) groups is 1. The van der Waals surface area contributed by atoms with Crippen molar-refractivity contribution in [2.75, 3.05) is 33.2 Å². The lowest BCUT2D eigenvalue weighted by molar-refractivity contribution is 0.191. The van der Waals surface area contributed by atoms with E-state index in [-0.39, 0.29) is 24.0 Å². The van der Waals surface area contributed by atoms with Crippen molar-refractivity contribution in [3.8, 4) is 0 Å². The van der Waals surface area contributed by atoms with Gasteiger partial charge in [-0.25, -0.2) is 0 Å². The van der Waals surface area contributed by atoms with Crippen molar-refractivity contribution in [1.29, 1.82) is 0 Å². The van der Waals surface area contributed by atoms with Crippen LogP contribution in [-0.2, 0) is 0 Å². The van der Waals surface area contributed by atoms with Gasteiger partial charge in [-0.3, -0.25) is 4.99 Å². The lowest BCUT2D eigenvalue weighted by Gasteiger charge is -2.32. The van der Waals surface area contributed by atoms with Gasteiger partial charge >= 0.3 is 0 Å². The summed E-state index contributed by atoms with van der Waals surface area (Å²) in [5.74, 6) is 1.52. The molecule has 130 valence electrons. The molecule has 0 aromatic carbocycles. The van der Waals surface area contributed by atoms with E-state index >= 15 is 0 Å². The first kappa shape index (κ1) is 20.0. The third-order valence-corrected chi connectivity index (χ3v) is 5.12. The Morgan fingerprint density at radius 2 is 1.91 bits per heavy atom. The summed E-state index contributed by atoms with van der Waals surface area (Å²) < 4.78 is 0. The molecular formula is C17H35IN4. The smallest absolute Gasteiger partial charge is 0.191 e. The van der Waals surface area contributed by atoms with Gasteiger partial charge in [0.2, 0.25) is 0 Å². The van der Waals surface area contributed by atoms with Gasteiger partial charge in [0, 0.05) is 25.7 Å². The van der Waals surface area contributed by atoms with Crippen LogP contribution < -0.4 is 5.73 Å². The van der Waals surface area contributed by atoms with Gasteiger partial charge in [-0.2, -0.15) is 0 Å². The van der Waals surface area contributed by atoms with E-state index in [0.29, 0.717) is 0 Å². The van der Waals surface area contributed by atoms with Gasteiger partial charge in [0.25, 0.3) is 0 Å². The highest BCUT2D eigenvalue weighted by Crippen LogP contribution is 2.21. The third-order valence-electron chi connectivity index (χ3n) is 5.12. The molecule has 0 aromatic rings. The average molecular weight is 422 g/mol. The number of nitrogens with two attached hydrogens (primary N) is 1. The van der Waals surface area contributed by atoms with Crippen LogP contribution in [0.2, 0.25) is 0 Å². The highest BCUT2D eigenvalue weighted by molar-refractivity contribution is 14.0. The van der Waals surface area contributed by atoms with Gasteiger partial charge in [-0.1, -0.05) is 26.2 Å². The van der Waals surface area contributed by atoms with Crippen molar-refractivity contribution in [3.63, 3.8) is 0 Å². The number of hydrogen-bond donors (Lipinski definition) is 1. The molecule has 2 N–H and O–H groups in total. The van der Waals surface area contributed by atoms with Crippen molar-refractivity contribution in [2.24, 2.45) is 16.6 Å². The van der Waals surface area contributed by atoms with Crippen molar-refractivity contribution in [2.45, 2.75) is 64.3 Å². The highest BCUT2D eigenvalue weighted by Gasteiger charge is 2.18. The molecule has 2 fully saturated rings. The molecule has 4 nitrogen and oxygen atoms in total. The van der Waals surface area contributed by atoms with E-state index in [1.54, 1.807) is 0 Å². The van der Waals surface area contributed by atoms with Crippen LogP contribution in [0, 0.1) is 5.92 Å². The molecule has 2 rings (SSSR count). The number of piperidine rings is 1.